The van der Waals surface area contributed by atoms with Crippen molar-refractivity contribution in [2.24, 2.45) is 0 Å². The Hall–Kier alpha value is -2.34. The molecule has 110 valence electrons. The molecule has 0 aliphatic rings. The zero-order valence-electron chi connectivity index (χ0n) is 10.9. The average molecular weight is 313 g/mol. The molecule has 2 rings (SSSR count). The van der Waals surface area contributed by atoms with Crippen LogP contribution in [-0.2, 0) is 0 Å². The van der Waals surface area contributed by atoms with Crippen LogP contribution in [0.1, 0.15) is 10.4 Å². The second-order valence-electron chi connectivity index (χ2n) is 4.19. The normalized spacial score (nSPS) is 10.3. The van der Waals surface area contributed by atoms with Crippen LogP contribution in [0.4, 0.5) is 20.2 Å². The predicted octanol–water partition coefficient (Wildman–Crippen LogP) is 3.46. The number of nitrogen functional groups attached to an aromatic ring is 1. The van der Waals surface area contributed by atoms with E-state index in [1.807, 2.05) is 0 Å². The molecule has 2 aromatic rings. The molecule has 7 heteroatoms. The molecule has 0 saturated heterocycles. The van der Waals surface area contributed by atoms with Crippen molar-refractivity contribution in [2.75, 3.05) is 18.2 Å². The van der Waals surface area contributed by atoms with E-state index in [2.05, 4.69) is 5.32 Å². The number of anilines is 2. The van der Waals surface area contributed by atoms with Crippen molar-refractivity contribution in [3.8, 4) is 5.75 Å². The van der Waals surface area contributed by atoms with E-state index in [0.717, 1.165) is 6.07 Å². The quantitative estimate of drug-likeness (QED) is 0.853. The summed E-state index contributed by atoms with van der Waals surface area (Å²) in [6.45, 7) is 0. The van der Waals surface area contributed by atoms with E-state index in [4.69, 9.17) is 22.1 Å². The standard InChI is InChI=1S/C14H11ClF2N2O2/c1-21-10-3-7(2-9(18)6-10)14(20)19-13-11(15)4-8(16)5-12(13)17/h2-6H,18H2,1H3,(H,19,20). The van der Waals surface area contributed by atoms with Gasteiger partial charge in [0, 0.05) is 23.4 Å². The summed E-state index contributed by atoms with van der Waals surface area (Å²) in [6.07, 6.45) is 0. The minimum absolute atomic E-state index is 0.159. The van der Waals surface area contributed by atoms with Crippen LogP contribution in [0.25, 0.3) is 0 Å². The van der Waals surface area contributed by atoms with Gasteiger partial charge in [0.25, 0.3) is 5.91 Å². The predicted molar refractivity (Wildman–Crippen MR) is 76.7 cm³/mol. The van der Waals surface area contributed by atoms with Gasteiger partial charge < -0.3 is 15.8 Å². The molecule has 0 unspecified atom stereocenters. The highest BCUT2D eigenvalue weighted by Crippen LogP contribution is 2.27. The Morgan fingerprint density at radius 3 is 2.57 bits per heavy atom. The van der Waals surface area contributed by atoms with Crippen molar-refractivity contribution in [3.63, 3.8) is 0 Å². The summed E-state index contributed by atoms with van der Waals surface area (Å²) in [7, 11) is 1.42. The zero-order valence-corrected chi connectivity index (χ0v) is 11.7. The third-order valence-corrected chi connectivity index (χ3v) is 2.97. The van der Waals surface area contributed by atoms with E-state index in [1.54, 1.807) is 0 Å². The van der Waals surface area contributed by atoms with E-state index in [9.17, 15) is 13.6 Å². The van der Waals surface area contributed by atoms with E-state index < -0.39 is 17.5 Å². The molecule has 0 spiro atoms. The van der Waals surface area contributed by atoms with Gasteiger partial charge in [-0.25, -0.2) is 8.78 Å². The van der Waals surface area contributed by atoms with Gasteiger partial charge in [-0.05, 0) is 18.2 Å². The molecule has 21 heavy (non-hydrogen) atoms. The summed E-state index contributed by atoms with van der Waals surface area (Å²) < 4.78 is 31.6. The fourth-order valence-corrected chi connectivity index (χ4v) is 1.96. The van der Waals surface area contributed by atoms with Crippen molar-refractivity contribution in [1.29, 1.82) is 0 Å². The number of halogens is 3. The Morgan fingerprint density at radius 2 is 1.95 bits per heavy atom. The van der Waals surface area contributed by atoms with Gasteiger partial charge in [-0.1, -0.05) is 11.6 Å². The van der Waals surface area contributed by atoms with Gasteiger partial charge in [0.1, 0.15) is 11.6 Å². The van der Waals surface area contributed by atoms with E-state index in [1.165, 1.54) is 25.3 Å². The first kappa shape index (κ1) is 15.1. The van der Waals surface area contributed by atoms with Crippen molar-refractivity contribution in [2.45, 2.75) is 0 Å². The Labute approximate surface area is 124 Å². The van der Waals surface area contributed by atoms with E-state index in [0.29, 0.717) is 17.5 Å². The first-order chi connectivity index (χ1) is 9.90. The van der Waals surface area contributed by atoms with Gasteiger partial charge in [-0.15, -0.1) is 0 Å². The Kier molecular flexibility index (Phi) is 4.28. The summed E-state index contributed by atoms with van der Waals surface area (Å²) in [5, 5.41) is 2.04. The number of carbonyl (C=O) groups excluding carboxylic acids is 1. The molecule has 0 atom stereocenters. The molecule has 0 fully saturated rings. The van der Waals surface area contributed by atoms with Gasteiger partial charge >= 0.3 is 0 Å². The van der Waals surface area contributed by atoms with Crippen LogP contribution >= 0.6 is 11.6 Å². The van der Waals surface area contributed by atoms with Gasteiger partial charge in [0.05, 0.1) is 17.8 Å². The highest BCUT2D eigenvalue weighted by molar-refractivity contribution is 6.34. The Balaban J connectivity index is 2.32. The van der Waals surface area contributed by atoms with Crippen molar-refractivity contribution < 1.29 is 18.3 Å². The lowest BCUT2D eigenvalue weighted by Crippen LogP contribution is -2.14. The number of ether oxygens (including phenoxy) is 1. The second kappa shape index (κ2) is 5.97. The molecule has 2 aromatic carbocycles. The molecule has 0 aromatic heterocycles. The molecular formula is C14H11ClF2N2O2. The molecule has 4 nitrogen and oxygen atoms in total. The van der Waals surface area contributed by atoms with E-state index in [-0.39, 0.29) is 16.3 Å². The third-order valence-electron chi connectivity index (χ3n) is 2.67. The molecule has 0 radical (unpaired) electrons. The van der Waals surface area contributed by atoms with Crippen LogP contribution < -0.4 is 15.8 Å². The van der Waals surface area contributed by atoms with Crippen molar-refractivity contribution in [1.82, 2.24) is 0 Å². The fourth-order valence-electron chi connectivity index (χ4n) is 1.72. The van der Waals surface area contributed by atoms with Crippen LogP contribution in [0.5, 0.6) is 5.75 Å². The minimum Gasteiger partial charge on any atom is -0.497 e. The number of methoxy groups -OCH3 is 1. The van der Waals surface area contributed by atoms with Crippen molar-refractivity contribution >= 4 is 28.9 Å². The lowest BCUT2D eigenvalue weighted by atomic mass is 10.1. The van der Waals surface area contributed by atoms with E-state index >= 15 is 0 Å². The number of hydrogen-bond acceptors (Lipinski definition) is 3. The molecular weight excluding hydrogens is 302 g/mol. The summed E-state index contributed by atoms with van der Waals surface area (Å²) in [5.74, 6) is -2.07. The summed E-state index contributed by atoms with van der Waals surface area (Å²) in [6, 6.07) is 5.89. The molecule has 3 N–H and O–H groups in total. The molecule has 1 amide bonds. The molecule has 0 bridgehead atoms. The summed E-state index contributed by atoms with van der Waals surface area (Å²) >= 11 is 5.71. The Morgan fingerprint density at radius 1 is 1.24 bits per heavy atom. The zero-order chi connectivity index (χ0) is 15.6. The highest BCUT2D eigenvalue weighted by atomic mass is 35.5. The van der Waals surface area contributed by atoms with Crippen molar-refractivity contribution in [3.05, 3.63) is 52.6 Å². The van der Waals surface area contributed by atoms with Gasteiger partial charge in [-0.2, -0.15) is 0 Å². The molecule has 0 heterocycles. The first-order valence-corrected chi connectivity index (χ1v) is 6.19. The van der Waals surface area contributed by atoms with Gasteiger partial charge in [-0.3, -0.25) is 4.79 Å². The van der Waals surface area contributed by atoms with Gasteiger partial charge in [0.2, 0.25) is 0 Å². The maximum absolute atomic E-state index is 13.6. The summed E-state index contributed by atoms with van der Waals surface area (Å²) in [4.78, 5) is 12.1. The average Bonchev–Trinajstić information content (AvgIpc) is 2.41. The molecule has 0 aliphatic heterocycles. The van der Waals surface area contributed by atoms with Crippen LogP contribution in [0.2, 0.25) is 5.02 Å². The number of hydrogen-bond donors (Lipinski definition) is 2. The number of carbonyl (C=O) groups is 1. The van der Waals surface area contributed by atoms with Crippen LogP contribution in [0.15, 0.2) is 30.3 Å². The van der Waals surface area contributed by atoms with Crippen LogP contribution in [-0.4, -0.2) is 13.0 Å². The maximum Gasteiger partial charge on any atom is 0.255 e. The highest BCUT2D eigenvalue weighted by Gasteiger charge is 2.15. The molecule has 0 saturated carbocycles. The van der Waals surface area contributed by atoms with Gasteiger partial charge in [0.15, 0.2) is 5.82 Å². The summed E-state index contributed by atoms with van der Waals surface area (Å²) in [5.41, 5.74) is 5.80. The molecule has 0 aliphatic carbocycles. The van der Waals surface area contributed by atoms with Crippen LogP contribution in [0, 0.1) is 11.6 Å². The second-order valence-corrected chi connectivity index (χ2v) is 4.60. The fraction of sp³-hybridized carbons (Fsp3) is 0.0714. The lowest BCUT2D eigenvalue weighted by Gasteiger charge is -2.10. The number of amides is 1. The third kappa shape index (κ3) is 3.41. The number of nitrogens with one attached hydrogen (secondary N) is 1. The lowest BCUT2D eigenvalue weighted by molar-refractivity contribution is 0.102. The number of rotatable bonds is 3. The topological polar surface area (TPSA) is 64.3 Å². The minimum atomic E-state index is -0.968. The number of nitrogens with two attached hydrogens (primary N) is 1. The van der Waals surface area contributed by atoms with Crippen LogP contribution in [0.3, 0.4) is 0 Å². The Bertz CT molecular complexity index is 684. The first-order valence-electron chi connectivity index (χ1n) is 5.81. The SMILES string of the molecule is COc1cc(N)cc(C(=O)Nc2c(F)cc(F)cc2Cl)c1. The maximum atomic E-state index is 13.6. The number of benzene rings is 2. The largest absolute Gasteiger partial charge is 0.497 e. The smallest absolute Gasteiger partial charge is 0.255 e. The monoisotopic (exact) mass is 312 g/mol.